The van der Waals surface area contributed by atoms with Crippen LogP contribution < -0.4 is 11.1 Å². The summed E-state index contributed by atoms with van der Waals surface area (Å²) in [5.41, 5.74) is 7.26. The van der Waals surface area contributed by atoms with Gasteiger partial charge in [-0.2, -0.15) is 4.31 Å². The molecule has 2 aromatic rings. The van der Waals surface area contributed by atoms with Crippen LogP contribution in [0, 0.1) is 0 Å². The first-order chi connectivity index (χ1) is 14.8. The molecule has 164 valence electrons. The Balaban J connectivity index is 1.59. The highest BCUT2D eigenvalue weighted by atomic mass is 32.2. The number of benzene rings is 2. The topological polar surface area (TPSA) is 110 Å². The molecule has 1 heterocycles. The Bertz CT molecular complexity index is 1040. The first-order valence-corrected chi connectivity index (χ1v) is 11.7. The van der Waals surface area contributed by atoms with E-state index in [1.54, 1.807) is 58.9 Å². The van der Waals surface area contributed by atoms with Gasteiger partial charge >= 0.3 is 0 Å². The van der Waals surface area contributed by atoms with Gasteiger partial charge in [-0.1, -0.05) is 37.1 Å². The molecular weight excluding hydrogens is 414 g/mol. The van der Waals surface area contributed by atoms with Crippen LogP contribution >= 0.6 is 0 Å². The molecule has 2 aromatic carbocycles. The number of nitrogens with one attached hydrogen (secondary N) is 1. The van der Waals surface area contributed by atoms with Gasteiger partial charge in [-0.25, -0.2) is 8.42 Å². The molecule has 0 bridgehead atoms. The van der Waals surface area contributed by atoms with Crippen molar-refractivity contribution in [1.29, 1.82) is 0 Å². The standard InChI is InChI=1S/C23H27N3O4S/c24-22(27)17-19-5-10-20(11-6-19)25-23(28)14-9-18-7-12-21(13-8-18)31(29,30)26-15-3-1-2-4-16-26/h5-14H,1-4,15-17H2,(H2,24,27)(H,25,28)/b14-9+. The van der Waals surface area contributed by atoms with Gasteiger partial charge in [0, 0.05) is 24.9 Å². The summed E-state index contributed by atoms with van der Waals surface area (Å²) in [5, 5.41) is 2.73. The number of amides is 2. The third kappa shape index (κ3) is 6.50. The van der Waals surface area contributed by atoms with Crippen LogP contribution in [0.1, 0.15) is 36.8 Å². The second-order valence-electron chi connectivity index (χ2n) is 7.55. The maximum atomic E-state index is 12.8. The largest absolute Gasteiger partial charge is 0.369 e. The minimum absolute atomic E-state index is 0.150. The highest BCUT2D eigenvalue weighted by Gasteiger charge is 2.24. The molecule has 0 unspecified atom stereocenters. The van der Waals surface area contributed by atoms with E-state index in [4.69, 9.17) is 5.73 Å². The Labute approximate surface area is 183 Å². The van der Waals surface area contributed by atoms with E-state index in [1.165, 1.54) is 6.08 Å². The summed E-state index contributed by atoms with van der Waals surface area (Å²) >= 11 is 0. The summed E-state index contributed by atoms with van der Waals surface area (Å²) < 4.78 is 27.2. The minimum atomic E-state index is -3.48. The number of sulfonamides is 1. The second-order valence-corrected chi connectivity index (χ2v) is 9.49. The number of anilines is 1. The molecular formula is C23H27N3O4S. The van der Waals surface area contributed by atoms with Gasteiger partial charge in [0.1, 0.15) is 0 Å². The van der Waals surface area contributed by atoms with Crippen LogP contribution in [0.15, 0.2) is 59.5 Å². The van der Waals surface area contributed by atoms with Gasteiger partial charge in [0.15, 0.2) is 0 Å². The fourth-order valence-corrected chi connectivity index (χ4v) is 4.96. The van der Waals surface area contributed by atoms with Crippen LogP contribution in [0.5, 0.6) is 0 Å². The Kier molecular flexibility index (Phi) is 7.59. The van der Waals surface area contributed by atoms with Crippen molar-refractivity contribution in [2.45, 2.75) is 37.0 Å². The lowest BCUT2D eigenvalue weighted by Crippen LogP contribution is -2.31. The fourth-order valence-electron chi connectivity index (χ4n) is 3.44. The van der Waals surface area contributed by atoms with Crippen molar-refractivity contribution in [2.24, 2.45) is 5.73 Å². The molecule has 8 heteroatoms. The van der Waals surface area contributed by atoms with Gasteiger partial charge in [-0.3, -0.25) is 9.59 Å². The highest BCUT2D eigenvalue weighted by Crippen LogP contribution is 2.21. The number of nitrogens with two attached hydrogens (primary N) is 1. The Morgan fingerprint density at radius 1 is 0.935 bits per heavy atom. The van der Waals surface area contributed by atoms with Gasteiger partial charge in [0.05, 0.1) is 11.3 Å². The predicted molar refractivity (Wildman–Crippen MR) is 121 cm³/mol. The number of rotatable bonds is 7. The van der Waals surface area contributed by atoms with Crippen LogP contribution in [0.4, 0.5) is 5.69 Å². The summed E-state index contributed by atoms with van der Waals surface area (Å²) in [7, 11) is -3.48. The number of carbonyl (C=O) groups excluding carboxylic acids is 2. The van der Waals surface area contributed by atoms with Crippen LogP contribution in [-0.2, 0) is 26.0 Å². The molecule has 7 nitrogen and oxygen atoms in total. The van der Waals surface area contributed by atoms with Crippen molar-refractivity contribution in [3.63, 3.8) is 0 Å². The lowest BCUT2D eigenvalue weighted by Gasteiger charge is -2.19. The highest BCUT2D eigenvalue weighted by molar-refractivity contribution is 7.89. The van der Waals surface area contributed by atoms with E-state index in [0.717, 1.165) is 36.8 Å². The van der Waals surface area contributed by atoms with Crippen LogP contribution in [0.2, 0.25) is 0 Å². The van der Waals surface area contributed by atoms with Crippen molar-refractivity contribution in [3.05, 3.63) is 65.7 Å². The maximum Gasteiger partial charge on any atom is 0.248 e. The molecule has 1 fully saturated rings. The molecule has 1 saturated heterocycles. The third-order valence-electron chi connectivity index (χ3n) is 5.11. The number of nitrogens with zero attached hydrogens (tertiary/aromatic N) is 1. The summed E-state index contributed by atoms with van der Waals surface area (Å²) in [6.45, 7) is 1.13. The third-order valence-corrected chi connectivity index (χ3v) is 7.02. The molecule has 2 amide bonds. The lowest BCUT2D eigenvalue weighted by atomic mass is 10.1. The van der Waals surface area contributed by atoms with E-state index >= 15 is 0 Å². The van der Waals surface area contributed by atoms with Crippen LogP contribution in [0.3, 0.4) is 0 Å². The Hall–Kier alpha value is -2.97. The molecule has 1 aliphatic rings. The van der Waals surface area contributed by atoms with E-state index in [-0.39, 0.29) is 17.2 Å². The van der Waals surface area contributed by atoms with Crippen molar-refractivity contribution in [2.75, 3.05) is 18.4 Å². The minimum Gasteiger partial charge on any atom is -0.369 e. The zero-order chi connectivity index (χ0) is 22.3. The molecule has 1 aliphatic heterocycles. The smallest absolute Gasteiger partial charge is 0.248 e. The predicted octanol–water partition coefficient (Wildman–Crippen LogP) is 2.93. The quantitative estimate of drug-likeness (QED) is 0.644. The summed E-state index contributed by atoms with van der Waals surface area (Å²) in [6.07, 6.45) is 7.07. The lowest BCUT2D eigenvalue weighted by molar-refractivity contribution is -0.117. The van der Waals surface area contributed by atoms with Crippen LogP contribution in [-0.4, -0.2) is 37.6 Å². The summed E-state index contributed by atoms with van der Waals surface area (Å²) in [6, 6.07) is 13.4. The normalized spacial score (nSPS) is 15.5. The van der Waals surface area contributed by atoms with Gasteiger partial charge < -0.3 is 11.1 Å². The SMILES string of the molecule is NC(=O)Cc1ccc(NC(=O)/C=C/c2ccc(S(=O)(=O)N3CCCCCC3)cc2)cc1. The van der Waals surface area contributed by atoms with E-state index in [9.17, 15) is 18.0 Å². The molecule has 0 radical (unpaired) electrons. The van der Waals surface area contributed by atoms with Gasteiger partial charge in [0.25, 0.3) is 0 Å². The molecule has 31 heavy (non-hydrogen) atoms. The van der Waals surface area contributed by atoms with Crippen molar-refractivity contribution < 1.29 is 18.0 Å². The Morgan fingerprint density at radius 2 is 1.55 bits per heavy atom. The van der Waals surface area contributed by atoms with E-state index in [1.807, 2.05) is 0 Å². The van der Waals surface area contributed by atoms with Gasteiger partial charge in [-0.05, 0) is 54.3 Å². The summed E-state index contributed by atoms with van der Waals surface area (Å²) in [5.74, 6) is -0.728. The van der Waals surface area contributed by atoms with Gasteiger partial charge in [0.2, 0.25) is 21.8 Å². The zero-order valence-electron chi connectivity index (χ0n) is 17.3. The molecule has 0 saturated carbocycles. The first-order valence-electron chi connectivity index (χ1n) is 10.3. The van der Waals surface area contributed by atoms with Crippen molar-refractivity contribution >= 4 is 33.6 Å². The monoisotopic (exact) mass is 441 g/mol. The van der Waals surface area contributed by atoms with Crippen molar-refractivity contribution in [1.82, 2.24) is 4.31 Å². The average Bonchev–Trinajstić information content (AvgIpc) is 3.04. The van der Waals surface area contributed by atoms with E-state index in [2.05, 4.69) is 5.32 Å². The molecule has 0 aliphatic carbocycles. The van der Waals surface area contributed by atoms with E-state index < -0.39 is 15.9 Å². The zero-order valence-corrected chi connectivity index (χ0v) is 18.1. The van der Waals surface area contributed by atoms with E-state index in [0.29, 0.717) is 18.8 Å². The number of hydrogen-bond donors (Lipinski definition) is 2. The first kappa shape index (κ1) is 22.7. The molecule has 3 rings (SSSR count). The molecule has 0 aromatic heterocycles. The maximum absolute atomic E-state index is 12.8. The van der Waals surface area contributed by atoms with Gasteiger partial charge in [-0.15, -0.1) is 0 Å². The number of carbonyl (C=O) groups is 2. The average molecular weight is 442 g/mol. The second kappa shape index (κ2) is 10.4. The molecule has 0 spiro atoms. The molecule has 3 N–H and O–H groups in total. The Morgan fingerprint density at radius 3 is 2.13 bits per heavy atom. The summed E-state index contributed by atoms with van der Waals surface area (Å²) in [4.78, 5) is 23.3. The van der Waals surface area contributed by atoms with Crippen molar-refractivity contribution in [3.8, 4) is 0 Å². The molecule has 0 atom stereocenters. The number of hydrogen-bond acceptors (Lipinski definition) is 4. The number of primary amides is 1. The van der Waals surface area contributed by atoms with Crippen LogP contribution in [0.25, 0.3) is 6.08 Å². The fraction of sp³-hybridized carbons (Fsp3) is 0.304.